The van der Waals surface area contributed by atoms with Crippen LogP contribution in [-0.2, 0) is 11.3 Å². The van der Waals surface area contributed by atoms with E-state index in [1.54, 1.807) is 31.3 Å². The van der Waals surface area contributed by atoms with Crippen molar-refractivity contribution in [3.63, 3.8) is 0 Å². The predicted octanol–water partition coefficient (Wildman–Crippen LogP) is 3.11. The van der Waals surface area contributed by atoms with Gasteiger partial charge in [-0.15, -0.1) is 0 Å². The number of anilines is 1. The molecular weight excluding hydrogens is 332 g/mol. The Morgan fingerprint density at radius 2 is 2.15 bits per heavy atom. The molecular formula is C19H22N4O3. The van der Waals surface area contributed by atoms with Crippen molar-refractivity contribution in [1.82, 2.24) is 15.0 Å². The minimum absolute atomic E-state index is 0.0824. The standard InChI is InChI=1S/C19H22N4O3/c1-4-26-10-13-8-20-12(3)23-19(13)21-9-17(25)18-11(2)22-16-6-5-14(24)7-15(16)18/h5-8,22,24H,4,9-10H2,1-3H3,(H,20,21,23). The number of ketones is 1. The molecule has 2 aromatic heterocycles. The van der Waals surface area contributed by atoms with Crippen LogP contribution in [0.3, 0.4) is 0 Å². The third-order valence-corrected chi connectivity index (χ3v) is 4.11. The Morgan fingerprint density at radius 3 is 2.92 bits per heavy atom. The monoisotopic (exact) mass is 354 g/mol. The number of nitrogens with zero attached hydrogens (tertiary/aromatic N) is 2. The second-order valence-corrected chi connectivity index (χ2v) is 6.06. The van der Waals surface area contributed by atoms with E-state index in [2.05, 4.69) is 20.3 Å². The van der Waals surface area contributed by atoms with Gasteiger partial charge in [-0.3, -0.25) is 4.79 Å². The number of hydrogen-bond acceptors (Lipinski definition) is 6. The zero-order valence-electron chi connectivity index (χ0n) is 15.1. The first kappa shape index (κ1) is 17.9. The molecule has 0 saturated carbocycles. The van der Waals surface area contributed by atoms with Gasteiger partial charge in [-0.2, -0.15) is 0 Å². The molecule has 0 atom stereocenters. The van der Waals surface area contributed by atoms with Crippen LogP contribution in [0.15, 0.2) is 24.4 Å². The molecule has 0 unspecified atom stereocenters. The summed E-state index contributed by atoms with van der Waals surface area (Å²) in [7, 11) is 0. The predicted molar refractivity (Wildman–Crippen MR) is 99.6 cm³/mol. The smallest absolute Gasteiger partial charge is 0.184 e. The van der Waals surface area contributed by atoms with Gasteiger partial charge in [0.1, 0.15) is 17.4 Å². The highest BCUT2D eigenvalue weighted by Crippen LogP contribution is 2.26. The van der Waals surface area contributed by atoms with Crippen molar-refractivity contribution in [3.8, 4) is 5.75 Å². The van der Waals surface area contributed by atoms with Gasteiger partial charge in [0.05, 0.1) is 13.2 Å². The van der Waals surface area contributed by atoms with Crippen LogP contribution in [0.4, 0.5) is 5.82 Å². The molecule has 26 heavy (non-hydrogen) atoms. The van der Waals surface area contributed by atoms with Gasteiger partial charge in [-0.05, 0) is 39.0 Å². The van der Waals surface area contributed by atoms with Crippen LogP contribution in [-0.4, -0.2) is 39.0 Å². The number of carbonyl (C=O) groups is 1. The minimum Gasteiger partial charge on any atom is -0.508 e. The summed E-state index contributed by atoms with van der Waals surface area (Å²) in [5, 5.41) is 13.5. The molecule has 3 N–H and O–H groups in total. The topological polar surface area (TPSA) is 100 Å². The molecule has 2 heterocycles. The third kappa shape index (κ3) is 3.67. The number of aromatic nitrogens is 3. The molecule has 0 amide bonds. The summed E-state index contributed by atoms with van der Waals surface area (Å²) >= 11 is 0. The number of nitrogens with one attached hydrogen (secondary N) is 2. The van der Waals surface area contributed by atoms with Crippen molar-refractivity contribution in [2.45, 2.75) is 27.4 Å². The van der Waals surface area contributed by atoms with Crippen molar-refractivity contribution >= 4 is 22.5 Å². The van der Waals surface area contributed by atoms with Crippen LogP contribution < -0.4 is 5.32 Å². The number of fused-ring (bicyclic) bond motifs is 1. The van der Waals surface area contributed by atoms with Crippen molar-refractivity contribution in [3.05, 3.63) is 47.0 Å². The Hall–Kier alpha value is -2.93. The Kier molecular flexibility index (Phi) is 5.18. The molecule has 0 radical (unpaired) electrons. The van der Waals surface area contributed by atoms with Gasteiger partial charge >= 0.3 is 0 Å². The molecule has 0 bridgehead atoms. The number of aryl methyl sites for hydroxylation is 2. The van der Waals surface area contributed by atoms with Crippen molar-refractivity contribution in [1.29, 1.82) is 0 Å². The van der Waals surface area contributed by atoms with E-state index in [1.807, 2.05) is 13.8 Å². The number of benzene rings is 1. The van der Waals surface area contributed by atoms with Gasteiger partial charge in [0, 0.05) is 40.5 Å². The van der Waals surface area contributed by atoms with Gasteiger partial charge in [0.15, 0.2) is 5.78 Å². The molecule has 3 aromatic rings. The fourth-order valence-corrected chi connectivity index (χ4v) is 2.89. The summed E-state index contributed by atoms with van der Waals surface area (Å²) in [6, 6.07) is 4.95. The number of H-pyrrole nitrogens is 1. The normalized spacial score (nSPS) is 11.0. The van der Waals surface area contributed by atoms with E-state index in [4.69, 9.17) is 4.74 Å². The van der Waals surface area contributed by atoms with Crippen molar-refractivity contribution in [2.24, 2.45) is 0 Å². The van der Waals surface area contributed by atoms with E-state index in [0.717, 1.165) is 16.8 Å². The van der Waals surface area contributed by atoms with Gasteiger partial charge in [-0.1, -0.05) is 0 Å². The lowest BCUT2D eigenvalue weighted by Crippen LogP contribution is -2.17. The van der Waals surface area contributed by atoms with Crippen molar-refractivity contribution in [2.75, 3.05) is 18.5 Å². The second-order valence-electron chi connectivity index (χ2n) is 6.06. The summed E-state index contributed by atoms with van der Waals surface area (Å²) in [6.45, 7) is 6.61. The molecule has 0 aliphatic carbocycles. The zero-order valence-corrected chi connectivity index (χ0v) is 15.1. The average Bonchev–Trinajstić information content (AvgIpc) is 2.94. The number of aromatic hydroxyl groups is 1. The molecule has 0 spiro atoms. The van der Waals surface area contributed by atoms with Gasteiger partial charge in [-0.25, -0.2) is 9.97 Å². The second kappa shape index (κ2) is 7.53. The maximum atomic E-state index is 12.8. The zero-order chi connectivity index (χ0) is 18.7. The van der Waals surface area contributed by atoms with E-state index in [1.165, 1.54) is 0 Å². The molecule has 1 aromatic carbocycles. The molecule has 0 saturated heterocycles. The van der Waals surface area contributed by atoms with Crippen LogP contribution in [0.5, 0.6) is 5.75 Å². The Morgan fingerprint density at radius 1 is 1.35 bits per heavy atom. The van der Waals surface area contributed by atoms with Gasteiger partial charge in [0.2, 0.25) is 0 Å². The SMILES string of the molecule is CCOCc1cnc(C)nc1NCC(=O)c1c(C)[nH]c2ccc(O)cc12. The first-order valence-corrected chi connectivity index (χ1v) is 8.48. The van der Waals surface area contributed by atoms with E-state index in [-0.39, 0.29) is 18.1 Å². The number of aromatic amines is 1. The summed E-state index contributed by atoms with van der Waals surface area (Å²) in [5.74, 6) is 1.26. The van der Waals surface area contributed by atoms with Crippen LogP contribution >= 0.6 is 0 Å². The van der Waals surface area contributed by atoms with Crippen molar-refractivity contribution < 1.29 is 14.6 Å². The van der Waals surface area contributed by atoms with Crippen LogP contribution in [0.1, 0.15) is 34.4 Å². The van der Waals surface area contributed by atoms with Crippen LogP contribution in [0.2, 0.25) is 0 Å². The highest BCUT2D eigenvalue weighted by atomic mass is 16.5. The molecule has 3 rings (SSSR count). The summed E-state index contributed by atoms with van der Waals surface area (Å²) in [6.07, 6.45) is 1.71. The third-order valence-electron chi connectivity index (χ3n) is 4.11. The molecule has 0 aliphatic heterocycles. The number of ether oxygens (including phenoxy) is 1. The average molecular weight is 354 g/mol. The molecule has 7 nitrogen and oxygen atoms in total. The van der Waals surface area contributed by atoms with E-state index in [9.17, 15) is 9.90 Å². The van der Waals surface area contributed by atoms with E-state index in [0.29, 0.717) is 35.8 Å². The molecule has 0 aliphatic rings. The lowest BCUT2D eigenvalue weighted by molar-refractivity contribution is 0.101. The minimum atomic E-state index is -0.0852. The van der Waals surface area contributed by atoms with Crippen LogP contribution in [0.25, 0.3) is 10.9 Å². The summed E-state index contributed by atoms with van der Waals surface area (Å²) in [4.78, 5) is 24.5. The first-order chi connectivity index (χ1) is 12.5. The van der Waals surface area contributed by atoms with Gasteiger partial charge in [0.25, 0.3) is 0 Å². The number of carbonyl (C=O) groups excluding carboxylic acids is 1. The largest absolute Gasteiger partial charge is 0.508 e. The quantitative estimate of drug-likeness (QED) is 0.564. The number of rotatable bonds is 7. The molecule has 136 valence electrons. The lowest BCUT2D eigenvalue weighted by Gasteiger charge is -2.11. The Labute approximate surface area is 151 Å². The molecule has 0 fully saturated rings. The highest BCUT2D eigenvalue weighted by Gasteiger charge is 2.17. The first-order valence-electron chi connectivity index (χ1n) is 8.48. The number of phenolic OH excluding ortho intramolecular Hbond substituents is 1. The summed E-state index contributed by atoms with van der Waals surface area (Å²) in [5.41, 5.74) is 2.96. The fraction of sp³-hybridized carbons (Fsp3) is 0.316. The summed E-state index contributed by atoms with van der Waals surface area (Å²) < 4.78 is 5.43. The van der Waals surface area contributed by atoms with E-state index >= 15 is 0 Å². The maximum absolute atomic E-state index is 12.8. The van der Waals surface area contributed by atoms with Gasteiger partial charge < -0.3 is 20.1 Å². The number of phenols is 1. The Bertz CT molecular complexity index is 949. The molecule has 7 heteroatoms. The van der Waals surface area contributed by atoms with Crippen LogP contribution in [0, 0.1) is 13.8 Å². The fourth-order valence-electron chi connectivity index (χ4n) is 2.89. The number of Topliss-reactive ketones (excluding diaryl/α,β-unsaturated/α-hetero) is 1. The highest BCUT2D eigenvalue weighted by molar-refractivity contribution is 6.11. The maximum Gasteiger partial charge on any atom is 0.184 e. The number of hydrogen-bond donors (Lipinski definition) is 3. The Balaban J connectivity index is 1.83. The lowest BCUT2D eigenvalue weighted by atomic mass is 10.1. The van der Waals surface area contributed by atoms with E-state index < -0.39 is 0 Å².